The average molecular weight is 500 g/mol. The molecule has 2 aliphatic heterocycles. The van der Waals surface area contributed by atoms with E-state index in [1.54, 1.807) is 45.4 Å². The van der Waals surface area contributed by atoms with Gasteiger partial charge in [0, 0.05) is 17.5 Å². The molecule has 1 saturated heterocycles. The van der Waals surface area contributed by atoms with Crippen LogP contribution >= 0.6 is 11.8 Å². The Balaban J connectivity index is 1.57. The van der Waals surface area contributed by atoms with Gasteiger partial charge in [0.1, 0.15) is 22.7 Å². The molecule has 9 nitrogen and oxygen atoms in total. The Hall–Kier alpha value is -3.27. The number of aromatic nitrogens is 1. The molecule has 0 spiro atoms. The van der Waals surface area contributed by atoms with Crippen LogP contribution in [0.15, 0.2) is 47.8 Å². The molecule has 10 heteroatoms. The molecule has 3 atom stereocenters. The molecule has 0 aliphatic carbocycles. The highest BCUT2D eigenvalue weighted by atomic mass is 32.2. The molecule has 0 radical (unpaired) electrons. The number of amides is 2. The first-order chi connectivity index (χ1) is 16.5. The third-order valence-corrected chi connectivity index (χ3v) is 7.14. The summed E-state index contributed by atoms with van der Waals surface area (Å²) >= 11 is 1.45. The molecule has 35 heavy (non-hydrogen) atoms. The van der Waals surface area contributed by atoms with Gasteiger partial charge in [-0.05, 0) is 57.7 Å². The Bertz CT molecular complexity index is 1230. The van der Waals surface area contributed by atoms with Gasteiger partial charge < -0.3 is 19.4 Å². The van der Waals surface area contributed by atoms with E-state index in [2.05, 4.69) is 5.32 Å². The number of hydrogen-bond acceptors (Lipinski definition) is 7. The summed E-state index contributed by atoms with van der Waals surface area (Å²) in [6, 6.07) is 7.00. The zero-order valence-corrected chi connectivity index (χ0v) is 21.2. The van der Waals surface area contributed by atoms with Crippen molar-refractivity contribution in [2.75, 3.05) is 12.4 Å². The van der Waals surface area contributed by atoms with Crippen molar-refractivity contribution in [3.63, 3.8) is 0 Å². The van der Waals surface area contributed by atoms with Crippen molar-refractivity contribution in [2.24, 2.45) is 0 Å². The van der Waals surface area contributed by atoms with Crippen molar-refractivity contribution in [1.82, 2.24) is 14.8 Å². The van der Waals surface area contributed by atoms with Crippen LogP contribution in [0, 0.1) is 0 Å². The second-order valence-corrected chi connectivity index (χ2v) is 10.6. The molecule has 1 fully saturated rings. The van der Waals surface area contributed by atoms with Crippen LogP contribution in [-0.4, -0.2) is 62.6 Å². The SMILES string of the molecule is CCOC(=O)C(C(=O)NC1C(=O)N2C(C(=O)OC(C)(C)C)=C(C)CSC12)n1ccc2ccccc21. The van der Waals surface area contributed by atoms with E-state index in [0.717, 1.165) is 11.0 Å². The monoisotopic (exact) mass is 499 g/mol. The largest absolute Gasteiger partial charge is 0.464 e. The van der Waals surface area contributed by atoms with Gasteiger partial charge in [0.15, 0.2) is 0 Å². The van der Waals surface area contributed by atoms with Gasteiger partial charge >= 0.3 is 11.9 Å². The third-order valence-electron chi connectivity index (χ3n) is 5.71. The van der Waals surface area contributed by atoms with Crippen molar-refractivity contribution in [3.05, 3.63) is 47.8 Å². The molecule has 3 unspecified atom stereocenters. The lowest BCUT2D eigenvalue weighted by Crippen LogP contribution is -2.71. The molecule has 1 aromatic heterocycles. The van der Waals surface area contributed by atoms with E-state index in [0.29, 0.717) is 11.3 Å². The van der Waals surface area contributed by atoms with Gasteiger partial charge in [0.05, 0.1) is 6.61 Å². The summed E-state index contributed by atoms with van der Waals surface area (Å²) in [5, 5.41) is 3.13. The van der Waals surface area contributed by atoms with Crippen LogP contribution < -0.4 is 5.32 Å². The van der Waals surface area contributed by atoms with E-state index in [1.165, 1.54) is 16.7 Å². The van der Waals surface area contributed by atoms with Crippen LogP contribution in [0.5, 0.6) is 0 Å². The predicted molar refractivity (Wildman–Crippen MR) is 131 cm³/mol. The van der Waals surface area contributed by atoms with Crippen LogP contribution in [0.25, 0.3) is 10.9 Å². The smallest absolute Gasteiger partial charge is 0.355 e. The van der Waals surface area contributed by atoms with Crippen molar-refractivity contribution in [1.29, 1.82) is 0 Å². The highest BCUT2D eigenvalue weighted by molar-refractivity contribution is 8.00. The lowest BCUT2D eigenvalue weighted by Gasteiger charge is -2.49. The van der Waals surface area contributed by atoms with Crippen molar-refractivity contribution >= 4 is 46.4 Å². The van der Waals surface area contributed by atoms with Gasteiger partial charge in [-0.2, -0.15) is 0 Å². The Morgan fingerprint density at radius 3 is 2.60 bits per heavy atom. The minimum Gasteiger partial charge on any atom is -0.464 e. The molecule has 0 saturated carbocycles. The predicted octanol–water partition coefficient (Wildman–Crippen LogP) is 2.76. The molecule has 186 valence electrons. The van der Waals surface area contributed by atoms with Crippen LogP contribution in [0.3, 0.4) is 0 Å². The van der Waals surface area contributed by atoms with E-state index in [1.807, 2.05) is 30.3 Å². The first-order valence-corrected chi connectivity index (χ1v) is 12.5. The van der Waals surface area contributed by atoms with Crippen molar-refractivity contribution in [3.8, 4) is 0 Å². The van der Waals surface area contributed by atoms with Gasteiger partial charge in [-0.1, -0.05) is 18.2 Å². The molecule has 2 aliphatic rings. The van der Waals surface area contributed by atoms with Gasteiger partial charge in [-0.15, -0.1) is 11.8 Å². The van der Waals surface area contributed by atoms with Crippen LogP contribution in [0.4, 0.5) is 0 Å². The second kappa shape index (κ2) is 9.41. The minimum absolute atomic E-state index is 0.111. The lowest BCUT2D eigenvalue weighted by atomic mass is 10.0. The van der Waals surface area contributed by atoms with Gasteiger partial charge in [-0.3, -0.25) is 14.5 Å². The normalized spacial score (nSPS) is 20.7. The molecule has 2 aromatic rings. The van der Waals surface area contributed by atoms with Gasteiger partial charge in [0.2, 0.25) is 6.04 Å². The van der Waals surface area contributed by atoms with Crippen LogP contribution in [-0.2, 0) is 28.7 Å². The van der Waals surface area contributed by atoms with Gasteiger partial charge in [-0.25, -0.2) is 9.59 Å². The first kappa shape index (κ1) is 24.8. The van der Waals surface area contributed by atoms with E-state index in [-0.39, 0.29) is 12.3 Å². The summed E-state index contributed by atoms with van der Waals surface area (Å²) in [5.74, 6) is -1.83. The number of thioether (sulfide) groups is 1. The van der Waals surface area contributed by atoms with Crippen molar-refractivity contribution < 1.29 is 28.7 Å². The topological polar surface area (TPSA) is 107 Å². The molecule has 1 N–H and O–H groups in total. The summed E-state index contributed by atoms with van der Waals surface area (Å²) in [6.45, 7) is 8.85. The standard InChI is InChI=1S/C25H29N3O6S/c1-6-33-23(31)19(27-12-11-15-9-7-8-10-16(15)27)20(29)26-17-21(30)28-18(14(2)13-35-22(17)28)24(32)34-25(3,4)5/h7-12,17,19,22H,6,13H2,1-5H3,(H,26,29). The number of nitrogens with zero attached hydrogens (tertiary/aromatic N) is 2. The third kappa shape index (κ3) is 4.67. The number of fused-ring (bicyclic) bond motifs is 2. The Kier molecular flexibility index (Phi) is 6.68. The molecule has 4 rings (SSSR count). The number of ether oxygens (including phenoxy) is 2. The summed E-state index contributed by atoms with van der Waals surface area (Å²) in [4.78, 5) is 53.5. The maximum Gasteiger partial charge on any atom is 0.355 e. The maximum atomic E-state index is 13.4. The van der Waals surface area contributed by atoms with E-state index < -0.39 is 46.8 Å². The highest BCUT2D eigenvalue weighted by Crippen LogP contribution is 2.41. The quantitative estimate of drug-likeness (QED) is 0.370. The fourth-order valence-electron chi connectivity index (χ4n) is 4.22. The Morgan fingerprint density at radius 1 is 1.20 bits per heavy atom. The minimum atomic E-state index is -1.30. The van der Waals surface area contributed by atoms with Gasteiger partial charge in [0.25, 0.3) is 11.8 Å². The second-order valence-electron chi connectivity index (χ2n) is 9.46. The summed E-state index contributed by atoms with van der Waals surface area (Å²) in [7, 11) is 0. The molecule has 0 bridgehead atoms. The highest BCUT2D eigenvalue weighted by Gasteiger charge is 2.55. The average Bonchev–Trinajstić information content (AvgIpc) is 3.20. The molecule has 3 heterocycles. The Labute approximate surface area is 207 Å². The number of rotatable bonds is 6. The number of benzene rings is 1. The number of carbonyl (C=O) groups excluding carboxylic acids is 4. The number of carbonyl (C=O) groups is 4. The lowest BCUT2D eigenvalue weighted by molar-refractivity contribution is -0.159. The van der Waals surface area contributed by atoms with Crippen LogP contribution in [0.1, 0.15) is 40.7 Å². The maximum absolute atomic E-state index is 13.4. The summed E-state index contributed by atoms with van der Waals surface area (Å²) < 4.78 is 12.2. The van der Waals surface area contributed by atoms with E-state index in [4.69, 9.17) is 9.47 Å². The molecule has 2 amide bonds. The molecule has 1 aromatic carbocycles. The number of esters is 2. The zero-order valence-electron chi connectivity index (χ0n) is 20.4. The number of para-hydroxylation sites is 1. The number of β-lactam (4-membered cyclic amide) rings is 1. The van der Waals surface area contributed by atoms with Crippen LogP contribution in [0.2, 0.25) is 0 Å². The summed E-state index contributed by atoms with van der Waals surface area (Å²) in [5.41, 5.74) is 0.942. The van der Waals surface area contributed by atoms with Crippen molar-refractivity contribution in [2.45, 2.75) is 57.7 Å². The first-order valence-electron chi connectivity index (χ1n) is 11.4. The fourth-order valence-corrected chi connectivity index (χ4v) is 5.51. The number of nitrogens with one attached hydrogen (secondary N) is 1. The fraction of sp³-hybridized carbons (Fsp3) is 0.440. The van der Waals surface area contributed by atoms with E-state index in [9.17, 15) is 19.2 Å². The Morgan fingerprint density at radius 2 is 1.91 bits per heavy atom. The zero-order chi connectivity index (χ0) is 25.5. The molecular formula is C25H29N3O6S. The summed E-state index contributed by atoms with van der Waals surface area (Å²) in [6.07, 6.45) is 1.66. The number of hydrogen-bond donors (Lipinski definition) is 1. The molecular weight excluding hydrogens is 470 g/mol. The van der Waals surface area contributed by atoms with E-state index >= 15 is 0 Å².